The lowest BCUT2D eigenvalue weighted by atomic mass is 10.3. The van der Waals surface area contributed by atoms with Gasteiger partial charge in [0, 0.05) is 0 Å². The number of hydrogen-bond donors (Lipinski definition) is 0. The number of nitrogens with zero attached hydrogens (tertiary/aromatic N) is 2. The number of halogens is 1. The van der Waals surface area contributed by atoms with Crippen molar-refractivity contribution in [2.45, 2.75) is 37.8 Å². The molecule has 0 N–H and O–H groups in total. The lowest BCUT2D eigenvalue weighted by molar-refractivity contribution is 0.372. The summed E-state index contributed by atoms with van der Waals surface area (Å²) in [6.07, 6.45) is 0.959. The van der Waals surface area contributed by atoms with Crippen molar-refractivity contribution in [1.82, 2.24) is 10.1 Å². The maximum atomic E-state index is 5.15. The van der Waals surface area contributed by atoms with Gasteiger partial charge in [-0.1, -0.05) is 41.9 Å². The fourth-order valence-corrected chi connectivity index (χ4v) is 2.09. The van der Waals surface area contributed by atoms with Crippen LogP contribution in [0.25, 0.3) is 0 Å². The summed E-state index contributed by atoms with van der Waals surface area (Å²) in [6.45, 7) is 6.50. The van der Waals surface area contributed by atoms with Gasteiger partial charge in [-0.05, 0) is 18.1 Å². The molecule has 0 aliphatic rings. The minimum absolute atomic E-state index is 0.189. The molecule has 1 aromatic heterocycles. The highest BCUT2D eigenvalue weighted by Crippen LogP contribution is 2.24. The van der Waals surface area contributed by atoms with Crippen LogP contribution in [-0.2, 0) is 5.75 Å². The second-order valence-corrected chi connectivity index (χ2v) is 5.97. The molecular formula is C10H17BrN2OS. The molecule has 1 heterocycles. The maximum Gasteiger partial charge on any atom is 0.240 e. The number of thioether (sulfide) groups is 1. The summed E-state index contributed by atoms with van der Waals surface area (Å²) < 4.78 is 5.15. The first kappa shape index (κ1) is 13.0. The van der Waals surface area contributed by atoms with E-state index in [1.807, 2.05) is 11.8 Å². The van der Waals surface area contributed by atoms with Crippen molar-refractivity contribution >= 4 is 27.7 Å². The van der Waals surface area contributed by atoms with Gasteiger partial charge in [-0.2, -0.15) is 16.7 Å². The van der Waals surface area contributed by atoms with Crippen LogP contribution < -0.4 is 0 Å². The molecule has 0 aliphatic heterocycles. The zero-order chi connectivity index (χ0) is 11.3. The Balaban J connectivity index is 2.39. The number of aromatic nitrogens is 2. The summed E-state index contributed by atoms with van der Waals surface area (Å²) in [4.78, 5) is 4.52. The Hall–Kier alpha value is -0.0300. The molecule has 0 fully saturated rings. The third-order valence-corrected chi connectivity index (χ3v) is 4.20. The third kappa shape index (κ3) is 4.55. The van der Waals surface area contributed by atoms with Gasteiger partial charge in [-0.15, -0.1) is 0 Å². The number of alkyl halides is 1. The third-order valence-electron chi connectivity index (χ3n) is 1.79. The highest BCUT2D eigenvalue weighted by molar-refractivity contribution is 9.09. The Morgan fingerprint density at radius 3 is 2.80 bits per heavy atom. The van der Waals surface area contributed by atoms with E-state index in [0.29, 0.717) is 11.8 Å². The summed E-state index contributed by atoms with van der Waals surface area (Å²) in [5, 5.41) is 3.95. The first-order chi connectivity index (χ1) is 7.13. The van der Waals surface area contributed by atoms with E-state index in [-0.39, 0.29) is 4.83 Å². The first-order valence-corrected chi connectivity index (χ1v) is 7.24. The van der Waals surface area contributed by atoms with Gasteiger partial charge >= 0.3 is 0 Å². The van der Waals surface area contributed by atoms with Crippen LogP contribution in [0.1, 0.15) is 43.7 Å². The Kier molecular flexibility index (Phi) is 5.68. The van der Waals surface area contributed by atoms with Crippen LogP contribution in [0.5, 0.6) is 0 Å². The fourth-order valence-electron chi connectivity index (χ4n) is 1.01. The molecule has 0 radical (unpaired) electrons. The summed E-state index contributed by atoms with van der Waals surface area (Å²) >= 11 is 5.33. The topological polar surface area (TPSA) is 38.9 Å². The summed E-state index contributed by atoms with van der Waals surface area (Å²) in [6, 6.07) is 0. The smallest absolute Gasteiger partial charge is 0.240 e. The van der Waals surface area contributed by atoms with Crippen molar-refractivity contribution in [3.05, 3.63) is 11.7 Å². The largest absolute Gasteiger partial charge is 0.338 e. The molecule has 0 amide bonds. The maximum absolute atomic E-state index is 5.15. The van der Waals surface area contributed by atoms with Gasteiger partial charge in [-0.25, -0.2) is 0 Å². The monoisotopic (exact) mass is 292 g/mol. The Morgan fingerprint density at radius 2 is 2.20 bits per heavy atom. The van der Waals surface area contributed by atoms with Crippen LogP contribution in [0.3, 0.4) is 0 Å². The standard InChI is InChI=1S/C10H17BrN2OS/c1-4-8(11)10-12-9(13-14-10)6-15-5-7(2)3/h7-8H,4-6H2,1-3H3. The molecule has 1 rings (SSSR count). The molecule has 15 heavy (non-hydrogen) atoms. The van der Waals surface area contributed by atoms with E-state index in [0.717, 1.165) is 23.8 Å². The molecule has 0 bridgehead atoms. The number of rotatable bonds is 6. The molecule has 86 valence electrons. The lowest BCUT2D eigenvalue weighted by Crippen LogP contribution is -1.93. The van der Waals surface area contributed by atoms with Crippen molar-refractivity contribution in [2.24, 2.45) is 5.92 Å². The van der Waals surface area contributed by atoms with Gasteiger partial charge in [-0.3, -0.25) is 0 Å². The number of hydrogen-bond acceptors (Lipinski definition) is 4. The van der Waals surface area contributed by atoms with E-state index in [4.69, 9.17) is 4.52 Å². The van der Waals surface area contributed by atoms with Crippen LogP contribution in [0.4, 0.5) is 0 Å². The fraction of sp³-hybridized carbons (Fsp3) is 0.800. The zero-order valence-electron chi connectivity index (χ0n) is 9.36. The van der Waals surface area contributed by atoms with Gasteiger partial charge in [0.05, 0.1) is 10.6 Å². The average Bonchev–Trinajstić information content (AvgIpc) is 2.65. The summed E-state index contributed by atoms with van der Waals surface area (Å²) in [5.41, 5.74) is 0. The molecule has 1 aromatic rings. The highest BCUT2D eigenvalue weighted by atomic mass is 79.9. The molecule has 3 nitrogen and oxygen atoms in total. The van der Waals surface area contributed by atoms with Crippen LogP contribution in [0.15, 0.2) is 4.52 Å². The quantitative estimate of drug-likeness (QED) is 0.748. The molecule has 0 aliphatic carbocycles. The van der Waals surface area contributed by atoms with Crippen molar-refractivity contribution in [2.75, 3.05) is 5.75 Å². The lowest BCUT2D eigenvalue weighted by Gasteiger charge is -2.00. The molecule has 0 spiro atoms. The van der Waals surface area contributed by atoms with E-state index in [1.165, 1.54) is 0 Å². The predicted molar refractivity (Wildman–Crippen MR) is 67.3 cm³/mol. The molecule has 0 saturated carbocycles. The van der Waals surface area contributed by atoms with E-state index >= 15 is 0 Å². The second kappa shape index (κ2) is 6.53. The molecule has 5 heteroatoms. The van der Waals surface area contributed by atoms with E-state index in [9.17, 15) is 0 Å². The molecule has 1 atom stereocenters. The van der Waals surface area contributed by atoms with Crippen LogP contribution in [0.2, 0.25) is 0 Å². The highest BCUT2D eigenvalue weighted by Gasteiger charge is 2.13. The summed E-state index contributed by atoms with van der Waals surface area (Å²) in [7, 11) is 0. The molecular weight excluding hydrogens is 276 g/mol. The van der Waals surface area contributed by atoms with Crippen LogP contribution >= 0.6 is 27.7 Å². The van der Waals surface area contributed by atoms with Crippen molar-refractivity contribution in [3.63, 3.8) is 0 Å². The van der Waals surface area contributed by atoms with Gasteiger partial charge in [0.25, 0.3) is 0 Å². The van der Waals surface area contributed by atoms with E-state index < -0.39 is 0 Å². The van der Waals surface area contributed by atoms with Gasteiger partial charge in [0.1, 0.15) is 0 Å². The second-order valence-electron chi connectivity index (χ2n) is 3.83. The molecule has 0 saturated heterocycles. The van der Waals surface area contributed by atoms with Gasteiger partial charge in [0.2, 0.25) is 5.89 Å². The minimum atomic E-state index is 0.189. The van der Waals surface area contributed by atoms with E-state index in [1.54, 1.807) is 0 Å². The van der Waals surface area contributed by atoms with Crippen LogP contribution in [0, 0.1) is 5.92 Å². The average molecular weight is 293 g/mol. The Labute approximate surface area is 104 Å². The SMILES string of the molecule is CCC(Br)c1nc(CSCC(C)C)no1. The first-order valence-electron chi connectivity index (χ1n) is 5.17. The van der Waals surface area contributed by atoms with Crippen molar-refractivity contribution in [3.8, 4) is 0 Å². The predicted octanol–water partition coefficient (Wildman–Crippen LogP) is 3.80. The van der Waals surface area contributed by atoms with E-state index in [2.05, 4.69) is 46.8 Å². The molecule has 0 aromatic carbocycles. The normalized spacial score (nSPS) is 13.4. The van der Waals surface area contributed by atoms with Crippen molar-refractivity contribution in [1.29, 1.82) is 0 Å². The van der Waals surface area contributed by atoms with Gasteiger partial charge in [0.15, 0.2) is 5.82 Å². The van der Waals surface area contributed by atoms with Gasteiger partial charge < -0.3 is 4.52 Å². The Bertz CT molecular complexity index is 291. The van der Waals surface area contributed by atoms with Crippen molar-refractivity contribution < 1.29 is 4.52 Å². The Morgan fingerprint density at radius 1 is 1.47 bits per heavy atom. The summed E-state index contributed by atoms with van der Waals surface area (Å²) in [5.74, 6) is 4.17. The molecule has 1 unspecified atom stereocenters. The van der Waals surface area contributed by atoms with Crippen LogP contribution in [-0.4, -0.2) is 15.9 Å². The minimum Gasteiger partial charge on any atom is -0.338 e. The zero-order valence-corrected chi connectivity index (χ0v) is 11.8.